The summed E-state index contributed by atoms with van der Waals surface area (Å²) >= 11 is 0. The number of aliphatic hydroxyl groups is 1. The maximum absolute atomic E-state index is 12.9. The highest BCUT2D eigenvalue weighted by molar-refractivity contribution is 6.05. The number of nitrogens with one attached hydrogen (secondary N) is 2. The van der Waals surface area contributed by atoms with Crippen LogP contribution in [0.4, 0.5) is 5.69 Å². The van der Waals surface area contributed by atoms with Crippen LogP contribution in [0.2, 0.25) is 0 Å². The van der Waals surface area contributed by atoms with Gasteiger partial charge in [-0.1, -0.05) is 12.1 Å². The number of piperidine rings is 2. The molecule has 26 heavy (non-hydrogen) atoms. The summed E-state index contributed by atoms with van der Waals surface area (Å²) in [7, 11) is 1.86. The maximum atomic E-state index is 12.9. The second kappa shape index (κ2) is 6.38. The van der Waals surface area contributed by atoms with Crippen LogP contribution in [0.3, 0.4) is 0 Å². The number of aryl methyl sites for hydroxylation is 1. The Hall–Kier alpha value is -1.88. The van der Waals surface area contributed by atoms with Gasteiger partial charge in [0, 0.05) is 42.5 Å². The smallest absolute Gasteiger partial charge is 0.223 e. The molecule has 1 aromatic carbocycles. The van der Waals surface area contributed by atoms with Crippen LogP contribution >= 0.6 is 0 Å². The highest BCUT2D eigenvalue weighted by atomic mass is 16.3. The highest BCUT2D eigenvalue weighted by Gasteiger charge is 2.54. The predicted molar refractivity (Wildman–Crippen MR) is 103 cm³/mol. The van der Waals surface area contributed by atoms with E-state index in [1.807, 2.05) is 32.2 Å². The van der Waals surface area contributed by atoms with E-state index < -0.39 is 5.60 Å². The molecule has 5 rings (SSSR count). The molecule has 2 heterocycles. The number of benzene rings is 1. The first-order valence-corrected chi connectivity index (χ1v) is 9.79. The molecule has 140 valence electrons. The molecule has 2 aliphatic carbocycles. The van der Waals surface area contributed by atoms with Gasteiger partial charge in [-0.3, -0.25) is 4.79 Å². The molecule has 5 nitrogen and oxygen atoms in total. The zero-order chi connectivity index (χ0) is 18.5. The minimum absolute atomic E-state index is 0.159. The summed E-state index contributed by atoms with van der Waals surface area (Å²) in [5, 5.41) is 22.3. The standard InChI is InChI=1S/C21H29N3O2/c1-13-4-3-5-18(23-2)20(13)17(22)6-7-19(25)24-15-8-14-9-16(24)12-21(26,10-14)11-15/h3-5,14-16,22-23,26H,6-12H2,1-2H3. The van der Waals surface area contributed by atoms with Gasteiger partial charge in [0.1, 0.15) is 0 Å². The third-order valence-corrected chi connectivity index (χ3v) is 6.62. The van der Waals surface area contributed by atoms with Crippen molar-refractivity contribution < 1.29 is 9.90 Å². The minimum atomic E-state index is -0.525. The van der Waals surface area contributed by atoms with E-state index in [1.54, 1.807) is 0 Å². The third kappa shape index (κ3) is 2.92. The SMILES string of the molecule is CNc1cccc(C)c1C(=N)CCC(=O)N1C2CC3CC1CC(O)(C3)C2. The Morgan fingerprint density at radius 1 is 1.27 bits per heavy atom. The zero-order valence-electron chi connectivity index (χ0n) is 15.7. The van der Waals surface area contributed by atoms with Crippen molar-refractivity contribution in [1.82, 2.24) is 4.90 Å². The summed E-state index contributed by atoms with van der Waals surface area (Å²) in [6, 6.07) is 6.38. The van der Waals surface area contributed by atoms with Crippen molar-refractivity contribution in [3.8, 4) is 0 Å². The van der Waals surface area contributed by atoms with Crippen molar-refractivity contribution in [2.75, 3.05) is 12.4 Å². The molecule has 5 heteroatoms. The lowest BCUT2D eigenvalue weighted by Gasteiger charge is -2.59. The van der Waals surface area contributed by atoms with Crippen LogP contribution in [0.15, 0.2) is 18.2 Å². The van der Waals surface area contributed by atoms with Gasteiger partial charge in [-0.2, -0.15) is 0 Å². The molecular weight excluding hydrogens is 326 g/mol. The topological polar surface area (TPSA) is 76.4 Å². The van der Waals surface area contributed by atoms with E-state index in [-0.39, 0.29) is 18.0 Å². The van der Waals surface area contributed by atoms with Crippen molar-refractivity contribution in [3.05, 3.63) is 29.3 Å². The zero-order valence-corrected chi connectivity index (χ0v) is 15.7. The molecule has 4 fully saturated rings. The number of hydrogen-bond acceptors (Lipinski definition) is 4. The number of amides is 1. The first-order valence-electron chi connectivity index (χ1n) is 9.79. The van der Waals surface area contributed by atoms with Crippen molar-refractivity contribution in [2.45, 2.75) is 69.6 Å². The van der Waals surface area contributed by atoms with E-state index >= 15 is 0 Å². The summed E-state index contributed by atoms with van der Waals surface area (Å²) < 4.78 is 0. The normalized spacial score (nSPS) is 32.0. The molecule has 1 amide bonds. The van der Waals surface area contributed by atoms with Crippen molar-refractivity contribution in [3.63, 3.8) is 0 Å². The number of hydrogen-bond donors (Lipinski definition) is 3. The fourth-order valence-corrected chi connectivity index (χ4v) is 5.76. The number of carbonyl (C=O) groups excluding carboxylic acids is 1. The highest BCUT2D eigenvalue weighted by Crippen LogP contribution is 2.51. The van der Waals surface area contributed by atoms with Crippen LogP contribution in [0.5, 0.6) is 0 Å². The van der Waals surface area contributed by atoms with Gasteiger partial charge in [0.05, 0.1) is 5.60 Å². The third-order valence-electron chi connectivity index (χ3n) is 6.62. The second-order valence-electron chi connectivity index (χ2n) is 8.51. The fraction of sp³-hybridized carbons (Fsp3) is 0.619. The van der Waals surface area contributed by atoms with Crippen molar-refractivity contribution in [2.24, 2.45) is 5.92 Å². The number of anilines is 1. The fourth-order valence-electron chi connectivity index (χ4n) is 5.76. The molecule has 0 aromatic heterocycles. The minimum Gasteiger partial charge on any atom is -0.390 e. The maximum Gasteiger partial charge on any atom is 0.223 e. The average Bonchev–Trinajstić information content (AvgIpc) is 2.57. The number of nitrogens with zero attached hydrogens (tertiary/aromatic N) is 1. The van der Waals surface area contributed by atoms with E-state index in [0.717, 1.165) is 48.9 Å². The Bertz CT molecular complexity index is 729. The average molecular weight is 355 g/mol. The lowest BCUT2D eigenvalue weighted by molar-refractivity contribution is -0.174. The largest absolute Gasteiger partial charge is 0.390 e. The van der Waals surface area contributed by atoms with Gasteiger partial charge < -0.3 is 20.7 Å². The van der Waals surface area contributed by atoms with E-state index in [9.17, 15) is 9.90 Å². The summed E-state index contributed by atoms with van der Waals surface area (Å²) in [5.74, 6) is 0.747. The Morgan fingerprint density at radius 3 is 2.58 bits per heavy atom. The Labute approximate surface area is 155 Å². The molecule has 2 atom stereocenters. The van der Waals surface area contributed by atoms with Crippen LogP contribution in [0.1, 0.15) is 56.1 Å². The molecule has 0 radical (unpaired) electrons. The van der Waals surface area contributed by atoms with Crippen LogP contribution in [0.25, 0.3) is 0 Å². The van der Waals surface area contributed by atoms with Gasteiger partial charge in [0.2, 0.25) is 5.91 Å². The molecule has 3 N–H and O–H groups in total. The number of carbonyl (C=O) groups is 1. The van der Waals surface area contributed by atoms with Gasteiger partial charge in [-0.25, -0.2) is 0 Å². The Kier molecular flexibility index (Phi) is 4.30. The van der Waals surface area contributed by atoms with E-state index in [0.29, 0.717) is 24.5 Å². The van der Waals surface area contributed by atoms with Gasteiger partial charge in [-0.15, -0.1) is 0 Å². The first-order chi connectivity index (χ1) is 12.4. The van der Waals surface area contributed by atoms with Crippen molar-refractivity contribution >= 4 is 17.3 Å². The molecule has 2 saturated carbocycles. The number of rotatable bonds is 5. The second-order valence-corrected chi connectivity index (χ2v) is 8.51. The lowest BCUT2D eigenvalue weighted by Crippen LogP contribution is -2.65. The van der Waals surface area contributed by atoms with E-state index in [4.69, 9.17) is 5.41 Å². The van der Waals surface area contributed by atoms with Crippen LogP contribution in [-0.4, -0.2) is 46.4 Å². The van der Waals surface area contributed by atoms with E-state index in [1.165, 1.54) is 0 Å². The first kappa shape index (κ1) is 17.5. The molecule has 2 unspecified atom stereocenters. The van der Waals surface area contributed by atoms with Gasteiger partial charge in [-0.05, 0) is 63.0 Å². The van der Waals surface area contributed by atoms with Crippen LogP contribution in [-0.2, 0) is 4.79 Å². The van der Waals surface area contributed by atoms with Crippen molar-refractivity contribution in [1.29, 1.82) is 5.41 Å². The summed E-state index contributed by atoms with van der Waals surface area (Å²) in [4.78, 5) is 15.0. The van der Waals surface area contributed by atoms with E-state index in [2.05, 4.69) is 10.2 Å². The summed E-state index contributed by atoms with van der Waals surface area (Å²) in [5.41, 5.74) is 2.91. The molecule has 2 aliphatic heterocycles. The monoisotopic (exact) mass is 355 g/mol. The molecule has 2 saturated heterocycles. The van der Waals surface area contributed by atoms with Crippen LogP contribution in [0, 0.1) is 18.3 Å². The Balaban J connectivity index is 1.43. The van der Waals surface area contributed by atoms with Crippen LogP contribution < -0.4 is 5.32 Å². The van der Waals surface area contributed by atoms with Gasteiger partial charge in [0.25, 0.3) is 0 Å². The van der Waals surface area contributed by atoms with Gasteiger partial charge in [0.15, 0.2) is 0 Å². The Morgan fingerprint density at radius 2 is 1.96 bits per heavy atom. The molecular formula is C21H29N3O2. The molecule has 0 spiro atoms. The molecule has 1 aromatic rings. The summed E-state index contributed by atoms with van der Waals surface area (Å²) in [6.07, 6.45) is 5.34. The van der Waals surface area contributed by atoms with Gasteiger partial charge >= 0.3 is 0 Å². The molecule has 4 bridgehead atoms. The quantitative estimate of drug-likeness (QED) is 0.711. The predicted octanol–water partition coefficient (Wildman–Crippen LogP) is 3.09. The summed E-state index contributed by atoms with van der Waals surface area (Å²) in [6.45, 7) is 2.01. The molecule has 4 aliphatic rings. The lowest BCUT2D eigenvalue weighted by atomic mass is 9.61.